The van der Waals surface area contributed by atoms with E-state index in [1.54, 1.807) is 11.7 Å². The number of nitrogens with zero attached hydrogens (tertiary/aromatic N) is 1. The molecular weight excluding hydrogens is 290 g/mol. The number of fused-ring (bicyclic) bond motifs is 1. The summed E-state index contributed by atoms with van der Waals surface area (Å²) in [4.78, 5) is 12.8. The topological polar surface area (TPSA) is 40.5 Å². The van der Waals surface area contributed by atoms with Crippen LogP contribution in [0.4, 0.5) is 4.79 Å². The highest BCUT2D eigenvalue weighted by atomic mass is 16.6. The van der Waals surface area contributed by atoms with Crippen LogP contribution in [0.15, 0.2) is 30.3 Å². The second kappa shape index (κ2) is 5.76. The summed E-state index contributed by atoms with van der Waals surface area (Å²) >= 11 is 0. The van der Waals surface area contributed by atoms with Crippen LogP contribution >= 0.6 is 0 Å². The fourth-order valence-corrected chi connectivity index (χ4v) is 3.03. The quantitative estimate of drug-likeness (QED) is 0.783. The normalized spacial score (nSPS) is 14.9. The predicted octanol–water partition coefficient (Wildman–Crippen LogP) is 5.00. The Balaban J connectivity index is 2.20. The van der Waals surface area contributed by atoms with Crippen molar-refractivity contribution in [3.8, 4) is 5.75 Å². The van der Waals surface area contributed by atoms with E-state index in [1.807, 2.05) is 45.0 Å². The van der Waals surface area contributed by atoms with Crippen molar-refractivity contribution < 1.29 is 14.3 Å². The lowest BCUT2D eigenvalue weighted by Crippen LogP contribution is -2.27. The van der Waals surface area contributed by atoms with Crippen molar-refractivity contribution in [2.24, 2.45) is 0 Å². The van der Waals surface area contributed by atoms with Crippen LogP contribution in [0.1, 0.15) is 45.7 Å². The van der Waals surface area contributed by atoms with E-state index in [4.69, 9.17) is 9.47 Å². The summed E-state index contributed by atoms with van der Waals surface area (Å²) < 4.78 is 12.8. The molecule has 4 heteroatoms. The molecule has 0 radical (unpaired) electrons. The Labute approximate surface area is 136 Å². The second-order valence-corrected chi connectivity index (χ2v) is 6.86. The van der Waals surface area contributed by atoms with Gasteiger partial charge in [-0.2, -0.15) is 0 Å². The first-order valence-electron chi connectivity index (χ1n) is 8.02. The Morgan fingerprint density at radius 3 is 2.65 bits per heavy atom. The molecule has 0 fully saturated rings. The molecule has 0 amide bonds. The third-order valence-corrected chi connectivity index (χ3v) is 3.97. The molecule has 0 N–H and O–H groups in total. The maximum Gasteiger partial charge on any atom is 0.419 e. The molecule has 0 bridgehead atoms. The molecule has 1 aromatic heterocycles. The molecule has 0 saturated carbocycles. The van der Waals surface area contributed by atoms with Crippen LogP contribution in [0.25, 0.3) is 16.5 Å². The molecule has 2 aromatic rings. The molecule has 1 heterocycles. The van der Waals surface area contributed by atoms with Crippen molar-refractivity contribution in [2.45, 2.75) is 45.6 Å². The van der Waals surface area contributed by atoms with Gasteiger partial charge in [-0.25, -0.2) is 9.36 Å². The van der Waals surface area contributed by atoms with Crippen molar-refractivity contribution >= 4 is 22.6 Å². The minimum absolute atomic E-state index is 0.344. The van der Waals surface area contributed by atoms with E-state index >= 15 is 0 Å². The fraction of sp³-hybridized carbons (Fsp3) is 0.421. The number of methoxy groups -OCH3 is 1. The number of hydrogen-bond acceptors (Lipinski definition) is 3. The second-order valence-electron chi connectivity index (χ2n) is 6.86. The third-order valence-electron chi connectivity index (χ3n) is 3.97. The molecular formula is C19H23NO3. The van der Waals surface area contributed by atoms with E-state index in [0.717, 1.165) is 41.6 Å². The first-order chi connectivity index (χ1) is 10.9. The van der Waals surface area contributed by atoms with E-state index in [0.29, 0.717) is 0 Å². The Bertz CT molecular complexity index is 778. The number of hydrogen-bond donors (Lipinski definition) is 0. The number of ether oxygens (including phenoxy) is 2. The lowest BCUT2D eigenvalue weighted by Gasteiger charge is -2.21. The summed E-state index contributed by atoms with van der Waals surface area (Å²) in [6.07, 6.45) is 5.04. The average molecular weight is 313 g/mol. The van der Waals surface area contributed by atoms with Gasteiger partial charge in [0.2, 0.25) is 0 Å². The number of aromatic nitrogens is 1. The van der Waals surface area contributed by atoms with Crippen molar-refractivity contribution in [1.82, 2.24) is 4.57 Å². The monoisotopic (exact) mass is 313 g/mol. The highest BCUT2D eigenvalue weighted by Gasteiger charge is 2.25. The van der Waals surface area contributed by atoms with Crippen molar-refractivity contribution in [2.75, 3.05) is 7.11 Å². The average Bonchev–Trinajstić information content (AvgIpc) is 3.11. The van der Waals surface area contributed by atoms with Gasteiger partial charge in [0.15, 0.2) is 0 Å². The first kappa shape index (κ1) is 15.7. The van der Waals surface area contributed by atoms with Crippen LogP contribution in [0.2, 0.25) is 0 Å². The Morgan fingerprint density at radius 1 is 1.26 bits per heavy atom. The summed E-state index contributed by atoms with van der Waals surface area (Å²) in [6, 6.07) is 7.78. The number of carbonyl (C=O) groups is 1. The van der Waals surface area contributed by atoms with Crippen molar-refractivity contribution in [3.63, 3.8) is 0 Å². The lowest BCUT2D eigenvalue weighted by atomic mass is 10.1. The van der Waals surface area contributed by atoms with Gasteiger partial charge in [-0.15, -0.1) is 0 Å². The zero-order valence-electron chi connectivity index (χ0n) is 14.2. The van der Waals surface area contributed by atoms with Gasteiger partial charge in [0.05, 0.1) is 18.3 Å². The minimum atomic E-state index is -0.534. The molecule has 1 aliphatic carbocycles. The molecule has 0 aliphatic heterocycles. The minimum Gasteiger partial charge on any atom is -0.496 e. The molecule has 1 aromatic carbocycles. The van der Waals surface area contributed by atoms with E-state index in [2.05, 4.69) is 6.08 Å². The maximum atomic E-state index is 12.8. The summed E-state index contributed by atoms with van der Waals surface area (Å²) in [5.41, 5.74) is 2.40. The smallest absolute Gasteiger partial charge is 0.419 e. The molecule has 0 unspecified atom stereocenters. The fourth-order valence-electron chi connectivity index (χ4n) is 3.03. The zero-order chi connectivity index (χ0) is 16.6. The van der Waals surface area contributed by atoms with Crippen molar-refractivity contribution in [1.29, 1.82) is 0 Å². The molecule has 4 nitrogen and oxygen atoms in total. The Kier molecular flexibility index (Phi) is 3.92. The molecule has 3 rings (SSSR count). The highest BCUT2D eigenvalue weighted by molar-refractivity contribution is 5.97. The van der Waals surface area contributed by atoms with Crippen LogP contribution in [-0.2, 0) is 4.74 Å². The largest absolute Gasteiger partial charge is 0.496 e. The summed E-state index contributed by atoms with van der Waals surface area (Å²) in [7, 11) is 1.65. The lowest BCUT2D eigenvalue weighted by molar-refractivity contribution is 0.0543. The summed E-state index contributed by atoms with van der Waals surface area (Å²) in [6.45, 7) is 5.64. The SMILES string of the molecule is COc1cccc2c1cc(C1=CCCC1)n2C(=O)OC(C)(C)C. The molecule has 0 atom stereocenters. The van der Waals surface area contributed by atoms with E-state index < -0.39 is 5.60 Å². The Hall–Kier alpha value is -2.23. The number of carbonyl (C=O) groups excluding carboxylic acids is 1. The molecule has 23 heavy (non-hydrogen) atoms. The number of allylic oxidation sites excluding steroid dienone is 2. The van der Waals surface area contributed by atoms with Gasteiger partial charge in [0.1, 0.15) is 11.4 Å². The van der Waals surface area contributed by atoms with Crippen LogP contribution in [-0.4, -0.2) is 23.4 Å². The molecule has 0 saturated heterocycles. The van der Waals surface area contributed by atoms with E-state index in [-0.39, 0.29) is 6.09 Å². The number of benzene rings is 1. The van der Waals surface area contributed by atoms with Crippen LogP contribution in [0, 0.1) is 0 Å². The van der Waals surface area contributed by atoms with Gasteiger partial charge in [-0.3, -0.25) is 0 Å². The van der Waals surface area contributed by atoms with Crippen LogP contribution in [0.5, 0.6) is 5.75 Å². The van der Waals surface area contributed by atoms with Crippen LogP contribution < -0.4 is 4.74 Å². The maximum absolute atomic E-state index is 12.8. The van der Waals surface area contributed by atoms with Gasteiger partial charge in [-0.05, 0) is 63.8 Å². The summed E-state index contributed by atoms with van der Waals surface area (Å²) in [5.74, 6) is 0.768. The molecule has 0 spiro atoms. The van der Waals surface area contributed by atoms with Crippen molar-refractivity contribution in [3.05, 3.63) is 36.0 Å². The molecule has 1 aliphatic rings. The van der Waals surface area contributed by atoms with Gasteiger partial charge < -0.3 is 9.47 Å². The zero-order valence-corrected chi connectivity index (χ0v) is 14.2. The van der Waals surface area contributed by atoms with E-state index in [1.165, 1.54) is 5.57 Å². The summed E-state index contributed by atoms with van der Waals surface area (Å²) in [5, 5.41) is 0.934. The standard InChI is InChI=1S/C19H23NO3/c1-19(2,3)23-18(21)20-15-10-7-11-17(22-4)14(15)12-16(20)13-8-5-6-9-13/h7-8,10-12H,5-6,9H2,1-4H3. The van der Waals surface area contributed by atoms with E-state index in [9.17, 15) is 4.79 Å². The van der Waals surface area contributed by atoms with Crippen LogP contribution in [0.3, 0.4) is 0 Å². The van der Waals surface area contributed by atoms with Gasteiger partial charge in [-0.1, -0.05) is 12.1 Å². The van der Waals surface area contributed by atoms with Gasteiger partial charge in [0.25, 0.3) is 0 Å². The first-order valence-corrected chi connectivity index (χ1v) is 8.02. The number of rotatable bonds is 2. The Morgan fingerprint density at radius 2 is 2.04 bits per heavy atom. The predicted molar refractivity (Wildman–Crippen MR) is 92.0 cm³/mol. The van der Waals surface area contributed by atoms with Gasteiger partial charge >= 0.3 is 6.09 Å². The highest BCUT2D eigenvalue weighted by Crippen LogP contribution is 2.36. The van der Waals surface area contributed by atoms with Gasteiger partial charge in [0, 0.05) is 5.39 Å². The molecule has 122 valence electrons. The third kappa shape index (κ3) is 2.98.